The molecule has 2 aromatic rings. The highest BCUT2D eigenvalue weighted by Gasteiger charge is 2.74. The van der Waals surface area contributed by atoms with Gasteiger partial charge in [0.05, 0.1) is 28.3 Å². The molecular formula is C24H25Cl2F2N3O2. The number of amides is 1. The average Bonchev–Trinajstić information content (AvgIpc) is 3.39. The van der Waals surface area contributed by atoms with Crippen LogP contribution in [-0.4, -0.2) is 56.1 Å². The Morgan fingerprint density at radius 1 is 1.06 bits per heavy atom. The first-order valence-corrected chi connectivity index (χ1v) is 12.0. The highest BCUT2D eigenvalue weighted by atomic mass is 35.5. The van der Waals surface area contributed by atoms with Gasteiger partial charge < -0.3 is 15.0 Å². The largest absolute Gasteiger partial charge is 0.494 e. The Bertz CT molecular complexity index is 1060. The molecule has 2 heterocycles. The third kappa shape index (κ3) is 4.38. The lowest BCUT2D eigenvalue weighted by atomic mass is 10.0. The number of fused-ring (bicyclic) bond motifs is 3. The maximum Gasteiger partial charge on any atom is 0.268 e. The second-order valence-electron chi connectivity index (χ2n) is 8.83. The molecule has 1 saturated carbocycles. The van der Waals surface area contributed by atoms with Gasteiger partial charge in [0.2, 0.25) is 5.91 Å². The molecule has 1 aliphatic carbocycles. The summed E-state index contributed by atoms with van der Waals surface area (Å²) in [5.74, 6) is -5.17. The van der Waals surface area contributed by atoms with Crippen LogP contribution in [0.5, 0.6) is 5.75 Å². The molecule has 2 fully saturated rings. The molecule has 1 amide bonds. The van der Waals surface area contributed by atoms with Gasteiger partial charge in [-0.1, -0.05) is 35.3 Å². The van der Waals surface area contributed by atoms with Crippen molar-refractivity contribution in [2.45, 2.75) is 24.7 Å². The highest BCUT2D eigenvalue weighted by molar-refractivity contribution is 6.43. The molecule has 0 bridgehead atoms. The summed E-state index contributed by atoms with van der Waals surface area (Å²) in [4.78, 5) is 16.5. The summed E-state index contributed by atoms with van der Waals surface area (Å²) in [5.41, 5.74) is 1.92. The SMILES string of the molecule is O=C1Nc2cc(OCCCCN3CCN(c4cccc(Cl)c4Cl)CC3)ccc2C2C1C2(F)F. The van der Waals surface area contributed by atoms with Crippen molar-refractivity contribution in [2.24, 2.45) is 5.92 Å². The van der Waals surface area contributed by atoms with Crippen molar-refractivity contribution in [3.05, 3.63) is 52.0 Å². The molecule has 33 heavy (non-hydrogen) atoms. The third-order valence-corrected chi connectivity index (χ3v) is 7.54. The van der Waals surface area contributed by atoms with Crippen LogP contribution in [0.3, 0.4) is 0 Å². The van der Waals surface area contributed by atoms with E-state index in [-0.39, 0.29) is 0 Å². The number of hydrogen-bond donors (Lipinski definition) is 1. The normalized spacial score (nSPS) is 23.5. The van der Waals surface area contributed by atoms with Crippen molar-refractivity contribution in [3.63, 3.8) is 0 Å². The summed E-state index contributed by atoms with van der Waals surface area (Å²) in [6.45, 7) is 5.24. The van der Waals surface area contributed by atoms with Crippen LogP contribution in [0.4, 0.5) is 20.2 Å². The van der Waals surface area contributed by atoms with Crippen molar-refractivity contribution in [1.82, 2.24) is 4.90 Å². The van der Waals surface area contributed by atoms with Gasteiger partial charge in [-0.3, -0.25) is 9.69 Å². The van der Waals surface area contributed by atoms with E-state index >= 15 is 0 Å². The molecule has 0 aromatic heterocycles. The van der Waals surface area contributed by atoms with Gasteiger partial charge in [-0.05, 0) is 43.1 Å². The molecule has 9 heteroatoms. The first kappa shape index (κ1) is 22.7. The topological polar surface area (TPSA) is 44.8 Å². The van der Waals surface area contributed by atoms with Crippen LogP contribution in [0.25, 0.3) is 0 Å². The Hall–Kier alpha value is -2.09. The molecule has 2 atom stereocenters. The van der Waals surface area contributed by atoms with Crippen LogP contribution < -0.4 is 15.0 Å². The lowest BCUT2D eigenvalue weighted by Crippen LogP contribution is -2.46. The Balaban J connectivity index is 1.04. The molecule has 5 nitrogen and oxygen atoms in total. The van der Waals surface area contributed by atoms with E-state index in [9.17, 15) is 13.6 Å². The van der Waals surface area contributed by atoms with Gasteiger partial charge >= 0.3 is 0 Å². The van der Waals surface area contributed by atoms with Crippen LogP contribution in [0, 0.1) is 5.92 Å². The minimum atomic E-state index is -2.94. The molecular weight excluding hydrogens is 471 g/mol. The molecule has 5 rings (SSSR count). The fourth-order valence-electron chi connectivity index (χ4n) is 4.83. The number of alkyl halides is 2. The van der Waals surface area contributed by atoms with E-state index in [0.29, 0.717) is 33.7 Å². The summed E-state index contributed by atoms with van der Waals surface area (Å²) in [6.07, 6.45) is 1.88. The molecule has 176 valence electrons. The zero-order chi connectivity index (χ0) is 23.2. The number of unbranched alkanes of at least 4 members (excludes halogenated alkanes) is 1. The van der Waals surface area contributed by atoms with Gasteiger partial charge in [0.15, 0.2) is 0 Å². The summed E-state index contributed by atoms with van der Waals surface area (Å²) in [7, 11) is 0. The highest BCUT2D eigenvalue weighted by Crippen LogP contribution is 2.65. The maximum atomic E-state index is 13.8. The van der Waals surface area contributed by atoms with E-state index in [2.05, 4.69) is 15.1 Å². The molecule has 0 spiro atoms. The first-order chi connectivity index (χ1) is 15.9. The fourth-order valence-corrected chi connectivity index (χ4v) is 5.25. The molecule has 3 aliphatic rings. The monoisotopic (exact) mass is 495 g/mol. The standard InChI is InChI=1S/C24H25Cl2F2N3O2/c25-17-4-3-5-19(22(17)26)31-11-9-30(10-12-31)8-1-2-13-33-15-6-7-16-18(14-15)29-23(32)21-20(16)24(21,27)28/h3-7,14,20-21H,1-2,8-13H2,(H,29,32). The van der Waals surface area contributed by atoms with E-state index in [4.69, 9.17) is 27.9 Å². The number of ether oxygens (including phenoxy) is 1. The van der Waals surface area contributed by atoms with Gasteiger partial charge in [0.25, 0.3) is 5.92 Å². The quantitative estimate of drug-likeness (QED) is 0.531. The van der Waals surface area contributed by atoms with Crippen LogP contribution in [0.15, 0.2) is 36.4 Å². The summed E-state index contributed by atoms with van der Waals surface area (Å²) >= 11 is 12.5. The Labute approximate surface area is 201 Å². The molecule has 1 N–H and O–H groups in total. The van der Waals surface area contributed by atoms with Gasteiger partial charge in [0.1, 0.15) is 11.7 Å². The molecule has 0 radical (unpaired) electrons. The van der Waals surface area contributed by atoms with E-state index in [1.54, 1.807) is 24.3 Å². The summed E-state index contributed by atoms with van der Waals surface area (Å²) in [5, 5.41) is 3.77. The van der Waals surface area contributed by atoms with Crippen molar-refractivity contribution >= 4 is 40.5 Å². The van der Waals surface area contributed by atoms with Crippen LogP contribution in [-0.2, 0) is 4.79 Å². The first-order valence-electron chi connectivity index (χ1n) is 11.2. The van der Waals surface area contributed by atoms with Crippen molar-refractivity contribution in [2.75, 3.05) is 49.5 Å². The second-order valence-corrected chi connectivity index (χ2v) is 9.61. The summed E-state index contributed by atoms with van der Waals surface area (Å²) < 4.78 is 33.4. The van der Waals surface area contributed by atoms with Gasteiger partial charge in [-0.25, -0.2) is 8.78 Å². The smallest absolute Gasteiger partial charge is 0.268 e. The van der Waals surface area contributed by atoms with E-state index in [1.807, 2.05) is 12.1 Å². The Morgan fingerprint density at radius 3 is 2.64 bits per heavy atom. The zero-order valence-corrected chi connectivity index (χ0v) is 19.5. The predicted octanol–water partition coefficient (Wildman–Crippen LogP) is 5.28. The lowest BCUT2D eigenvalue weighted by molar-refractivity contribution is -0.119. The molecule has 2 aromatic carbocycles. The molecule has 1 saturated heterocycles. The van der Waals surface area contributed by atoms with Gasteiger partial charge in [-0.2, -0.15) is 0 Å². The van der Waals surface area contributed by atoms with Gasteiger partial charge in [-0.15, -0.1) is 0 Å². The lowest BCUT2D eigenvalue weighted by Gasteiger charge is -2.36. The number of carbonyl (C=O) groups is 1. The number of piperazine rings is 1. The van der Waals surface area contributed by atoms with Crippen LogP contribution in [0.1, 0.15) is 24.3 Å². The number of hydrogen-bond acceptors (Lipinski definition) is 4. The third-order valence-electron chi connectivity index (χ3n) is 6.74. The number of nitrogens with one attached hydrogen (secondary N) is 1. The van der Waals surface area contributed by atoms with Crippen molar-refractivity contribution < 1.29 is 18.3 Å². The minimum Gasteiger partial charge on any atom is -0.494 e. The number of nitrogens with zero attached hydrogens (tertiary/aromatic N) is 2. The zero-order valence-electron chi connectivity index (χ0n) is 18.0. The van der Waals surface area contributed by atoms with Crippen molar-refractivity contribution in [1.29, 1.82) is 0 Å². The molecule has 2 aliphatic heterocycles. The fraction of sp³-hybridized carbons (Fsp3) is 0.458. The van der Waals surface area contributed by atoms with E-state index in [0.717, 1.165) is 51.3 Å². The molecule has 2 unspecified atom stereocenters. The van der Waals surface area contributed by atoms with Crippen LogP contribution >= 0.6 is 23.2 Å². The minimum absolute atomic E-state index is 0.439. The summed E-state index contributed by atoms with van der Waals surface area (Å²) in [6, 6.07) is 10.7. The van der Waals surface area contributed by atoms with E-state index < -0.39 is 23.7 Å². The number of carbonyl (C=O) groups excluding carboxylic acids is 1. The average molecular weight is 496 g/mol. The number of benzene rings is 2. The second kappa shape index (κ2) is 8.93. The Morgan fingerprint density at radius 2 is 1.85 bits per heavy atom. The van der Waals surface area contributed by atoms with Crippen LogP contribution in [0.2, 0.25) is 10.0 Å². The van der Waals surface area contributed by atoms with E-state index in [1.165, 1.54) is 0 Å². The number of anilines is 2. The van der Waals surface area contributed by atoms with Crippen molar-refractivity contribution in [3.8, 4) is 5.75 Å². The maximum absolute atomic E-state index is 13.8. The Kier molecular flexibility index (Phi) is 6.14. The number of rotatable bonds is 7. The predicted molar refractivity (Wildman–Crippen MR) is 126 cm³/mol. The number of halogens is 4. The van der Waals surface area contributed by atoms with Gasteiger partial charge in [0, 0.05) is 37.9 Å².